The van der Waals surface area contributed by atoms with E-state index >= 15 is 0 Å². The second kappa shape index (κ2) is 1.77. The first-order valence-electron chi connectivity index (χ1n) is 2.82. The zero-order chi connectivity index (χ0) is 7.02. The van der Waals surface area contributed by atoms with Crippen molar-refractivity contribution < 1.29 is 0 Å². The van der Waals surface area contributed by atoms with E-state index in [9.17, 15) is 0 Å². The van der Waals surface area contributed by atoms with Crippen LogP contribution in [0.2, 0.25) is 0 Å². The Morgan fingerprint density at radius 2 is 2.00 bits per heavy atom. The van der Waals surface area contributed by atoms with Crippen molar-refractivity contribution in [3.05, 3.63) is 23.0 Å². The Hall–Kier alpha value is -0.960. The van der Waals surface area contributed by atoms with Crippen LogP contribution in [-0.4, -0.2) is 6.04 Å². The van der Waals surface area contributed by atoms with Crippen LogP contribution in [0.1, 0.15) is 6.92 Å². The van der Waals surface area contributed by atoms with E-state index in [4.69, 9.17) is 17.2 Å². The standard InChI is InChI=1S/C6H11N3/c1-3-2-4(7)6(9)5(3)8/h2,5H,7-9H2,1H3. The highest BCUT2D eigenvalue weighted by Gasteiger charge is 2.16. The van der Waals surface area contributed by atoms with E-state index in [2.05, 4.69) is 0 Å². The monoisotopic (exact) mass is 125 g/mol. The second-order valence-electron chi connectivity index (χ2n) is 2.28. The number of hydrogen-bond donors (Lipinski definition) is 3. The lowest BCUT2D eigenvalue weighted by Gasteiger charge is -2.05. The molecular formula is C6H11N3. The van der Waals surface area contributed by atoms with Crippen LogP contribution in [0.4, 0.5) is 0 Å². The van der Waals surface area contributed by atoms with Crippen LogP contribution in [0.5, 0.6) is 0 Å². The Kier molecular flexibility index (Phi) is 1.21. The molecule has 0 saturated heterocycles. The summed E-state index contributed by atoms with van der Waals surface area (Å²) in [4.78, 5) is 0. The first kappa shape index (κ1) is 6.16. The average molecular weight is 125 g/mol. The quantitative estimate of drug-likeness (QED) is 0.404. The molecule has 0 aromatic rings. The maximum Gasteiger partial charge on any atom is 0.0680 e. The highest BCUT2D eigenvalue weighted by atomic mass is 14.8. The van der Waals surface area contributed by atoms with Gasteiger partial charge < -0.3 is 17.2 Å². The fraction of sp³-hybridized carbons (Fsp3) is 0.333. The molecule has 9 heavy (non-hydrogen) atoms. The fourth-order valence-electron chi connectivity index (χ4n) is 0.843. The van der Waals surface area contributed by atoms with Gasteiger partial charge in [0.05, 0.1) is 17.4 Å². The van der Waals surface area contributed by atoms with Gasteiger partial charge in [0.1, 0.15) is 0 Å². The largest absolute Gasteiger partial charge is 0.399 e. The van der Waals surface area contributed by atoms with E-state index in [0.29, 0.717) is 11.4 Å². The van der Waals surface area contributed by atoms with E-state index in [0.717, 1.165) is 5.57 Å². The van der Waals surface area contributed by atoms with Gasteiger partial charge in [0.15, 0.2) is 0 Å². The van der Waals surface area contributed by atoms with E-state index < -0.39 is 0 Å². The number of rotatable bonds is 0. The SMILES string of the molecule is CC1=CC(N)=C(N)C1N. The summed E-state index contributed by atoms with van der Waals surface area (Å²) in [6, 6.07) is -0.148. The second-order valence-corrected chi connectivity index (χ2v) is 2.28. The molecule has 3 nitrogen and oxygen atoms in total. The summed E-state index contributed by atoms with van der Waals surface area (Å²) in [5.41, 5.74) is 18.8. The molecule has 6 N–H and O–H groups in total. The molecule has 0 aromatic heterocycles. The minimum absolute atomic E-state index is 0.148. The van der Waals surface area contributed by atoms with Crippen molar-refractivity contribution in [2.75, 3.05) is 0 Å². The molecule has 50 valence electrons. The lowest BCUT2D eigenvalue weighted by atomic mass is 10.2. The fourth-order valence-corrected chi connectivity index (χ4v) is 0.843. The lowest BCUT2D eigenvalue weighted by Crippen LogP contribution is -2.27. The van der Waals surface area contributed by atoms with E-state index in [1.54, 1.807) is 6.08 Å². The highest BCUT2D eigenvalue weighted by Crippen LogP contribution is 2.15. The molecule has 1 aliphatic rings. The topological polar surface area (TPSA) is 78.1 Å². The van der Waals surface area contributed by atoms with Crippen LogP contribution in [-0.2, 0) is 0 Å². The molecule has 3 heteroatoms. The van der Waals surface area contributed by atoms with Crippen LogP contribution in [0.3, 0.4) is 0 Å². The summed E-state index contributed by atoms with van der Waals surface area (Å²) in [6.07, 6.45) is 1.81. The van der Waals surface area contributed by atoms with Crippen molar-refractivity contribution in [1.29, 1.82) is 0 Å². The van der Waals surface area contributed by atoms with E-state index in [-0.39, 0.29) is 6.04 Å². The van der Waals surface area contributed by atoms with Gasteiger partial charge in [-0.1, -0.05) is 0 Å². The van der Waals surface area contributed by atoms with Crippen LogP contribution < -0.4 is 17.2 Å². The zero-order valence-corrected chi connectivity index (χ0v) is 5.39. The predicted molar refractivity (Wildman–Crippen MR) is 37.1 cm³/mol. The molecule has 1 aliphatic carbocycles. The van der Waals surface area contributed by atoms with Gasteiger partial charge >= 0.3 is 0 Å². The molecule has 0 fully saturated rings. The average Bonchev–Trinajstić information content (AvgIpc) is 1.98. The number of nitrogens with two attached hydrogens (primary N) is 3. The van der Waals surface area contributed by atoms with Gasteiger partial charge in [-0.25, -0.2) is 0 Å². The first-order valence-corrected chi connectivity index (χ1v) is 2.82. The molecule has 0 heterocycles. The van der Waals surface area contributed by atoms with Crippen LogP contribution in [0.25, 0.3) is 0 Å². The van der Waals surface area contributed by atoms with Gasteiger partial charge in [-0.3, -0.25) is 0 Å². The summed E-state index contributed by atoms with van der Waals surface area (Å²) in [5, 5.41) is 0. The number of hydrogen-bond acceptors (Lipinski definition) is 3. The third-order valence-corrected chi connectivity index (χ3v) is 1.54. The van der Waals surface area contributed by atoms with E-state index in [1.807, 2.05) is 6.92 Å². The third-order valence-electron chi connectivity index (χ3n) is 1.54. The molecular weight excluding hydrogens is 114 g/mol. The maximum atomic E-state index is 5.58. The van der Waals surface area contributed by atoms with Crippen LogP contribution in [0.15, 0.2) is 23.0 Å². The van der Waals surface area contributed by atoms with Gasteiger partial charge in [0, 0.05) is 0 Å². The van der Waals surface area contributed by atoms with Gasteiger partial charge in [-0.15, -0.1) is 0 Å². The Balaban J connectivity index is 2.92. The summed E-state index contributed by atoms with van der Waals surface area (Å²) >= 11 is 0. The minimum Gasteiger partial charge on any atom is -0.399 e. The van der Waals surface area contributed by atoms with E-state index in [1.165, 1.54) is 0 Å². The molecule has 1 unspecified atom stereocenters. The predicted octanol–water partition coefficient (Wildman–Crippen LogP) is -0.597. The molecule has 0 aromatic carbocycles. The van der Waals surface area contributed by atoms with Crippen molar-refractivity contribution in [3.8, 4) is 0 Å². The molecule has 0 amide bonds. The highest BCUT2D eigenvalue weighted by molar-refractivity contribution is 5.40. The summed E-state index contributed by atoms with van der Waals surface area (Å²) in [6.45, 7) is 1.91. The maximum absolute atomic E-state index is 5.58. The Morgan fingerprint density at radius 1 is 1.44 bits per heavy atom. The molecule has 0 bridgehead atoms. The van der Waals surface area contributed by atoms with Crippen LogP contribution >= 0.6 is 0 Å². The van der Waals surface area contributed by atoms with Crippen LogP contribution in [0, 0.1) is 0 Å². The van der Waals surface area contributed by atoms with Gasteiger partial charge in [-0.05, 0) is 18.6 Å². The Bertz CT molecular complexity index is 190. The smallest absolute Gasteiger partial charge is 0.0680 e. The third kappa shape index (κ3) is 0.791. The zero-order valence-electron chi connectivity index (χ0n) is 5.39. The van der Waals surface area contributed by atoms with Gasteiger partial charge in [-0.2, -0.15) is 0 Å². The van der Waals surface area contributed by atoms with Gasteiger partial charge in [0.2, 0.25) is 0 Å². The summed E-state index contributed by atoms with van der Waals surface area (Å²) < 4.78 is 0. The minimum atomic E-state index is -0.148. The number of allylic oxidation sites excluding steroid dienone is 1. The summed E-state index contributed by atoms with van der Waals surface area (Å²) in [5.74, 6) is 0. The van der Waals surface area contributed by atoms with Crippen molar-refractivity contribution in [3.63, 3.8) is 0 Å². The normalized spacial score (nSPS) is 26.9. The van der Waals surface area contributed by atoms with Crippen molar-refractivity contribution in [2.45, 2.75) is 13.0 Å². The van der Waals surface area contributed by atoms with Gasteiger partial charge in [0.25, 0.3) is 0 Å². The molecule has 1 rings (SSSR count). The summed E-state index contributed by atoms with van der Waals surface area (Å²) in [7, 11) is 0. The Labute approximate surface area is 54.2 Å². The molecule has 0 radical (unpaired) electrons. The Morgan fingerprint density at radius 3 is 2.11 bits per heavy atom. The van der Waals surface area contributed by atoms with Crippen molar-refractivity contribution >= 4 is 0 Å². The van der Waals surface area contributed by atoms with Crippen molar-refractivity contribution in [2.24, 2.45) is 17.2 Å². The lowest BCUT2D eigenvalue weighted by molar-refractivity contribution is 0.887. The molecule has 0 saturated carbocycles. The first-order chi connectivity index (χ1) is 4.13. The molecule has 1 atom stereocenters. The molecule has 0 spiro atoms. The molecule has 0 aliphatic heterocycles. The van der Waals surface area contributed by atoms with Crippen molar-refractivity contribution in [1.82, 2.24) is 0 Å².